The SMILES string of the molecule is O=C(Cc1ccc2ccccc2n1)C1CCCCCN1. The third-order valence-electron chi connectivity index (χ3n) is 3.96. The van der Waals surface area contributed by atoms with E-state index >= 15 is 0 Å². The van der Waals surface area contributed by atoms with E-state index in [4.69, 9.17) is 0 Å². The summed E-state index contributed by atoms with van der Waals surface area (Å²) in [5.41, 5.74) is 1.84. The van der Waals surface area contributed by atoms with Crippen molar-refractivity contribution < 1.29 is 4.79 Å². The topological polar surface area (TPSA) is 42.0 Å². The smallest absolute Gasteiger partial charge is 0.155 e. The molecular formula is C17H20N2O. The summed E-state index contributed by atoms with van der Waals surface area (Å²) in [6.07, 6.45) is 4.95. The molecule has 0 aliphatic carbocycles. The van der Waals surface area contributed by atoms with Crippen molar-refractivity contribution in [1.82, 2.24) is 10.3 Å². The molecule has 2 heterocycles. The molecule has 1 fully saturated rings. The molecule has 1 aliphatic heterocycles. The van der Waals surface area contributed by atoms with Gasteiger partial charge < -0.3 is 5.32 Å². The van der Waals surface area contributed by atoms with Gasteiger partial charge in [0.15, 0.2) is 5.78 Å². The van der Waals surface area contributed by atoms with Crippen molar-refractivity contribution in [2.45, 2.75) is 38.1 Å². The predicted molar refractivity (Wildman–Crippen MR) is 80.7 cm³/mol. The average molecular weight is 268 g/mol. The molecule has 3 rings (SSSR count). The largest absolute Gasteiger partial charge is 0.307 e. The van der Waals surface area contributed by atoms with Crippen molar-refractivity contribution in [2.75, 3.05) is 6.54 Å². The summed E-state index contributed by atoms with van der Waals surface area (Å²) in [7, 11) is 0. The number of pyridine rings is 1. The van der Waals surface area contributed by atoms with Crippen LogP contribution in [0.1, 0.15) is 31.4 Å². The van der Waals surface area contributed by atoms with E-state index in [1.807, 2.05) is 36.4 Å². The van der Waals surface area contributed by atoms with Crippen LogP contribution in [-0.2, 0) is 11.2 Å². The molecule has 0 amide bonds. The van der Waals surface area contributed by atoms with Crippen molar-refractivity contribution in [1.29, 1.82) is 0 Å². The van der Waals surface area contributed by atoms with E-state index in [1.54, 1.807) is 0 Å². The maximum absolute atomic E-state index is 12.4. The van der Waals surface area contributed by atoms with E-state index in [2.05, 4.69) is 10.3 Å². The molecule has 1 aromatic heterocycles. The summed E-state index contributed by atoms with van der Waals surface area (Å²) in [5, 5.41) is 4.48. The van der Waals surface area contributed by atoms with Crippen molar-refractivity contribution in [2.24, 2.45) is 0 Å². The Labute approximate surface area is 119 Å². The number of carbonyl (C=O) groups is 1. The summed E-state index contributed by atoms with van der Waals surface area (Å²) in [5.74, 6) is 0.273. The van der Waals surface area contributed by atoms with Gasteiger partial charge in [0.25, 0.3) is 0 Å². The molecule has 3 heteroatoms. The summed E-state index contributed by atoms with van der Waals surface area (Å²) in [6, 6.07) is 12.1. The lowest BCUT2D eigenvalue weighted by Gasteiger charge is -2.14. The fourth-order valence-electron chi connectivity index (χ4n) is 2.81. The minimum atomic E-state index is 0.0192. The van der Waals surface area contributed by atoms with Gasteiger partial charge in [0, 0.05) is 11.1 Å². The van der Waals surface area contributed by atoms with Crippen molar-refractivity contribution in [3.8, 4) is 0 Å². The van der Waals surface area contributed by atoms with Gasteiger partial charge in [-0.25, -0.2) is 0 Å². The van der Waals surface area contributed by atoms with Gasteiger partial charge in [0.2, 0.25) is 0 Å². The van der Waals surface area contributed by atoms with Crippen molar-refractivity contribution in [3.05, 3.63) is 42.1 Å². The molecule has 1 unspecified atom stereocenters. The number of nitrogens with one attached hydrogen (secondary N) is 1. The molecule has 0 radical (unpaired) electrons. The van der Waals surface area contributed by atoms with Crippen LogP contribution in [-0.4, -0.2) is 23.4 Å². The minimum absolute atomic E-state index is 0.0192. The van der Waals surface area contributed by atoms with Crippen LogP contribution in [0.4, 0.5) is 0 Å². The number of hydrogen-bond acceptors (Lipinski definition) is 3. The molecule has 3 nitrogen and oxygen atoms in total. The molecule has 1 saturated heterocycles. The number of nitrogens with zero attached hydrogens (tertiary/aromatic N) is 1. The van der Waals surface area contributed by atoms with E-state index in [1.165, 1.54) is 12.8 Å². The third-order valence-corrected chi connectivity index (χ3v) is 3.96. The summed E-state index contributed by atoms with van der Waals surface area (Å²) < 4.78 is 0. The number of aromatic nitrogens is 1. The van der Waals surface area contributed by atoms with Crippen LogP contribution in [0.3, 0.4) is 0 Å². The van der Waals surface area contributed by atoms with Crippen molar-refractivity contribution >= 4 is 16.7 Å². The van der Waals surface area contributed by atoms with Gasteiger partial charge in [-0.15, -0.1) is 0 Å². The lowest BCUT2D eigenvalue weighted by molar-refractivity contribution is -0.120. The zero-order valence-corrected chi connectivity index (χ0v) is 11.6. The number of para-hydroxylation sites is 1. The Morgan fingerprint density at radius 3 is 3.00 bits per heavy atom. The third kappa shape index (κ3) is 3.05. The van der Waals surface area contributed by atoms with Gasteiger partial charge in [-0.05, 0) is 31.5 Å². The van der Waals surface area contributed by atoms with Gasteiger partial charge in [0.05, 0.1) is 18.0 Å². The Balaban J connectivity index is 1.73. The zero-order chi connectivity index (χ0) is 13.8. The van der Waals surface area contributed by atoms with Crippen LogP contribution in [0, 0.1) is 0 Å². The highest BCUT2D eigenvalue weighted by atomic mass is 16.1. The first-order chi connectivity index (χ1) is 9.83. The molecule has 1 aromatic carbocycles. The van der Waals surface area contributed by atoms with Crippen LogP contribution >= 0.6 is 0 Å². The number of rotatable bonds is 3. The number of fused-ring (bicyclic) bond motifs is 1. The van der Waals surface area contributed by atoms with E-state index in [9.17, 15) is 4.79 Å². The molecule has 0 bridgehead atoms. The molecule has 0 saturated carbocycles. The van der Waals surface area contributed by atoms with Gasteiger partial charge in [0.1, 0.15) is 0 Å². The van der Waals surface area contributed by atoms with Crippen LogP contribution in [0.2, 0.25) is 0 Å². The minimum Gasteiger partial charge on any atom is -0.307 e. The zero-order valence-electron chi connectivity index (χ0n) is 11.6. The van der Waals surface area contributed by atoms with Crippen LogP contribution in [0.5, 0.6) is 0 Å². The summed E-state index contributed by atoms with van der Waals surface area (Å²) in [6.45, 7) is 0.960. The quantitative estimate of drug-likeness (QED) is 0.930. The molecule has 104 valence electrons. The monoisotopic (exact) mass is 268 g/mol. The molecule has 2 aromatic rings. The Hall–Kier alpha value is -1.74. The Bertz CT molecular complexity index is 601. The number of Topliss-reactive ketones (excluding diaryl/α,β-unsaturated/α-hetero) is 1. The Morgan fingerprint density at radius 2 is 2.05 bits per heavy atom. The molecule has 20 heavy (non-hydrogen) atoms. The van der Waals surface area contributed by atoms with Crippen LogP contribution in [0.15, 0.2) is 36.4 Å². The molecule has 1 atom stereocenters. The second kappa shape index (κ2) is 6.14. The Kier molecular flexibility index (Phi) is 4.07. The number of benzene rings is 1. The average Bonchev–Trinajstić information content (AvgIpc) is 2.76. The Morgan fingerprint density at radius 1 is 1.15 bits per heavy atom. The van der Waals surface area contributed by atoms with E-state index in [0.29, 0.717) is 6.42 Å². The highest BCUT2D eigenvalue weighted by Gasteiger charge is 2.19. The van der Waals surface area contributed by atoms with Crippen molar-refractivity contribution in [3.63, 3.8) is 0 Å². The summed E-state index contributed by atoms with van der Waals surface area (Å²) in [4.78, 5) is 16.9. The van der Waals surface area contributed by atoms with E-state index < -0.39 is 0 Å². The molecule has 0 spiro atoms. The number of carbonyl (C=O) groups excluding carboxylic acids is 1. The lowest BCUT2D eigenvalue weighted by atomic mass is 10.0. The van der Waals surface area contributed by atoms with Gasteiger partial charge >= 0.3 is 0 Å². The van der Waals surface area contributed by atoms with E-state index in [0.717, 1.165) is 36.0 Å². The first-order valence-corrected chi connectivity index (χ1v) is 7.44. The maximum Gasteiger partial charge on any atom is 0.155 e. The highest BCUT2D eigenvalue weighted by Crippen LogP contribution is 2.14. The number of hydrogen-bond donors (Lipinski definition) is 1. The second-order valence-corrected chi connectivity index (χ2v) is 5.49. The standard InChI is InChI=1S/C17H20N2O/c20-17(16-8-2-1-5-11-18-16)12-14-10-9-13-6-3-4-7-15(13)19-14/h3-4,6-7,9-10,16,18H,1-2,5,8,11-12H2. The van der Waals surface area contributed by atoms with Gasteiger partial charge in [-0.1, -0.05) is 37.1 Å². The molecular weight excluding hydrogens is 248 g/mol. The summed E-state index contributed by atoms with van der Waals surface area (Å²) >= 11 is 0. The lowest BCUT2D eigenvalue weighted by Crippen LogP contribution is -2.37. The normalized spacial score (nSPS) is 19.7. The fourth-order valence-corrected chi connectivity index (χ4v) is 2.81. The first-order valence-electron chi connectivity index (χ1n) is 7.44. The maximum atomic E-state index is 12.4. The molecule has 1 N–H and O–H groups in total. The fraction of sp³-hybridized carbons (Fsp3) is 0.412. The predicted octanol–water partition coefficient (Wildman–Crippen LogP) is 2.88. The highest BCUT2D eigenvalue weighted by molar-refractivity contribution is 5.86. The van der Waals surface area contributed by atoms with E-state index in [-0.39, 0.29) is 11.8 Å². The second-order valence-electron chi connectivity index (χ2n) is 5.49. The van der Waals surface area contributed by atoms with Crippen LogP contribution < -0.4 is 5.32 Å². The number of ketones is 1. The molecule has 1 aliphatic rings. The first kappa shape index (κ1) is 13.3. The van der Waals surface area contributed by atoms with Gasteiger partial charge in [-0.3, -0.25) is 9.78 Å². The van der Waals surface area contributed by atoms with Crippen LogP contribution in [0.25, 0.3) is 10.9 Å². The van der Waals surface area contributed by atoms with Gasteiger partial charge in [-0.2, -0.15) is 0 Å².